The van der Waals surface area contributed by atoms with Crippen LogP contribution in [0.15, 0.2) is 16.6 Å². The fraction of sp³-hybridized carbons (Fsp3) is 0.462. The molecule has 0 saturated carbocycles. The molecule has 4 nitrogen and oxygen atoms in total. The Hall–Kier alpha value is -1.09. The minimum atomic E-state index is -0.281. The second-order valence-electron chi connectivity index (χ2n) is 4.44. The SMILES string of the molecule is N#Cc1ccc(Br)c([C@H](N)C2CCOCC2)c1O. The van der Waals surface area contributed by atoms with E-state index >= 15 is 0 Å². The Kier molecular flexibility index (Phi) is 4.23. The molecule has 18 heavy (non-hydrogen) atoms. The van der Waals surface area contributed by atoms with Gasteiger partial charge in [0.1, 0.15) is 11.8 Å². The summed E-state index contributed by atoms with van der Waals surface area (Å²) in [6.45, 7) is 1.41. The quantitative estimate of drug-likeness (QED) is 0.879. The molecule has 2 rings (SSSR count). The lowest BCUT2D eigenvalue weighted by Crippen LogP contribution is -2.27. The number of nitrogens with two attached hydrogens (primary N) is 1. The van der Waals surface area contributed by atoms with Gasteiger partial charge in [0.25, 0.3) is 0 Å². The molecule has 96 valence electrons. The molecule has 1 aliphatic rings. The Balaban J connectivity index is 2.34. The normalized spacial score (nSPS) is 18.3. The van der Waals surface area contributed by atoms with E-state index in [1.165, 1.54) is 0 Å². The Morgan fingerprint density at radius 2 is 2.11 bits per heavy atom. The highest BCUT2D eigenvalue weighted by Gasteiger charge is 2.27. The Bertz CT molecular complexity index is 479. The van der Waals surface area contributed by atoms with Gasteiger partial charge in [0, 0.05) is 29.3 Å². The summed E-state index contributed by atoms with van der Waals surface area (Å²) in [5.74, 6) is 0.265. The molecule has 0 aliphatic carbocycles. The van der Waals surface area contributed by atoms with Crippen molar-refractivity contribution < 1.29 is 9.84 Å². The molecule has 5 heteroatoms. The summed E-state index contributed by atoms with van der Waals surface area (Å²) < 4.78 is 6.06. The van der Waals surface area contributed by atoms with Gasteiger partial charge in [-0.25, -0.2) is 0 Å². The van der Waals surface area contributed by atoms with Crippen molar-refractivity contribution in [2.24, 2.45) is 11.7 Å². The summed E-state index contributed by atoms with van der Waals surface area (Å²) in [5.41, 5.74) is 7.13. The van der Waals surface area contributed by atoms with Gasteiger partial charge in [-0.05, 0) is 30.9 Å². The highest BCUT2D eigenvalue weighted by atomic mass is 79.9. The fourth-order valence-electron chi connectivity index (χ4n) is 2.30. The van der Waals surface area contributed by atoms with Crippen LogP contribution in [0.4, 0.5) is 0 Å². The predicted molar refractivity (Wildman–Crippen MR) is 71.0 cm³/mol. The molecule has 1 heterocycles. The molecular formula is C13H15BrN2O2. The minimum absolute atomic E-state index is 0.00846. The average Bonchev–Trinajstić information content (AvgIpc) is 2.40. The second kappa shape index (κ2) is 5.70. The molecule has 1 atom stereocenters. The third kappa shape index (κ3) is 2.51. The number of phenols is 1. The average molecular weight is 311 g/mol. The van der Waals surface area contributed by atoms with Crippen molar-refractivity contribution in [1.82, 2.24) is 0 Å². The first-order valence-corrected chi connectivity index (χ1v) is 6.69. The van der Waals surface area contributed by atoms with Crippen molar-refractivity contribution in [2.45, 2.75) is 18.9 Å². The predicted octanol–water partition coefficient (Wildman–Crippen LogP) is 2.45. The van der Waals surface area contributed by atoms with E-state index in [9.17, 15) is 5.11 Å². The van der Waals surface area contributed by atoms with E-state index in [0.29, 0.717) is 18.8 Å². The van der Waals surface area contributed by atoms with Crippen LogP contribution in [0, 0.1) is 17.2 Å². The first-order valence-electron chi connectivity index (χ1n) is 5.90. The number of nitrogens with zero attached hydrogens (tertiary/aromatic N) is 1. The number of nitriles is 1. The van der Waals surface area contributed by atoms with Gasteiger partial charge < -0.3 is 15.6 Å². The van der Waals surface area contributed by atoms with Crippen molar-refractivity contribution in [3.05, 3.63) is 27.7 Å². The van der Waals surface area contributed by atoms with Gasteiger partial charge >= 0.3 is 0 Å². The van der Waals surface area contributed by atoms with Crippen LogP contribution in [0.3, 0.4) is 0 Å². The number of hydrogen-bond acceptors (Lipinski definition) is 4. The summed E-state index contributed by atoms with van der Waals surface area (Å²) in [5, 5.41) is 19.0. The molecule has 0 bridgehead atoms. The lowest BCUT2D eigenvalue weighted by molar-refractivity contribution is 0.0580. The lowest BCUT2D eigenvalue weighted by atomic mass is 9.87. The van der Waals surface area contributed by atoms with Gasteiger partial charge in [-0.2, -0.15) is 5.26 Å². The van der Waals surface area contributed by atoms with E-state index < -0.39 is 0 Å². The van der Waals surface area contributed by atoms with Crippen LogP contribution in [-0.2, 0) is 4.74 Å². The molecule has 1 fully saturated rings. The molecule has 0 amide bonds. The molecule has 3 N–H and O–H groups in total. The zero-order valence-corrected chi connectivity index (χ0v) is 11.5. The van der Waals surface area contributed by atoms with Crippen LogP contribution in [0.2, 0.25) is 0 Å². The maximum absolute atomic E-state index is 10.1. The first-order chi connectivity index (χ1) is 8.65. The highest BCUT2D eigenvalue weighted by Crippen LogP contribution is 2.38. The van der Waals surface area contributed by atoms with Gasteiger partial charge in [0.15, 0.2) is 0 Å². The van der Waals surface area contributed by atoms with E-state index in [1.54, 1.807) is 12.1 Å². The lowest BCUT2D eigenvalue weighted by Gasteiger charge is -2.29. The maximum Gasteiger partial charge on any atom is 0.139 e. The van der Waals surface area contributed by atoms with Gasteiger partial charge in [0.05, 0.1) is 5.56 Å². The van der Waals surface area contributed by atoms with E-state index in [2.05, 4.69) is 15.9 Å². The van der Waals surface area contributed by atoms with Crippen LogP contribution in [0.1, 0.15) is 30.0 Å². The number of halogens is 1. The van der Waals surface area contributed by atoms with E-state index in [0.717, 1.165) is 17.3 Å². The zero-order valence-electron chi connectivity index (χ0n) is 9.90. The molecular weight excluding hydrogens is 296 g/mol. The first kappa shape index (κ1) is 13.3. The summed E-state index contributed by atoms with van der Waals surface area (Å²) in [6, 6.07) is 5.03. The van der Waals surface area contributed by atoms with Gasteiger partial charge in [-0.15, -0.1) is 0 Å². The van der Waals surface area contributed by atoms with Crippen LogP contribution in [0.25, 0.3) is 0 Å². The number of aromatic hydroxyl groups is 1. The number of ether oxygens (including phenoxy) is 1. The summed E-state index contributed by atoms with van der Waals surface area (Å²) in [7, 11) is 0. The zero-order chi connectivity index (χ0) is 13.1. The fourth-order valence-corrected chi connectivity index (χ4v) is 2.89. The molecule has 1 aromatic carbocycles. The van der Waals surface area contributed by atoms with Gasteiger partial charge in [0.2, 0.25) is 0 Å². The van der Waals surface area contributed by atoms with Crippen LogP contribution >= 0.6 is 15.9 Å². The summed E-state index contributed by atoms with van der Waals surface area (Å²) in [4.78, 5) is 0. The molecule has 0 unspecified atom stereocenters. The number of phenolic OH excluding ortho intramolecular Hbond substituents is 1. The number of rotatable bonds is 2. The third-order valence-electron chi connectivity index (χ3n) is 3.39. The van der Waals surface area contributed by atoms with E-state index in [4.69, 9.17) is 15.7 Å². The van der Waals surface area contributed by atoms with E-state index in [1.807, 2.05) is 6.07 Å². The highest BCUT2D eigenvalue weighted by molar-refractivity contribution is 9.10. The number of benzene rings is 1. The minimum Gasteiger partial charge on any atom is -0.506 e. The maximum atomic E-state index is 10.1. The molecule has 0 spiro atoms. The Morgan fingerprint density at radius 1 is 1.44 bits per heavy atom. The van der Waals surface area contributed by atoms with Crippen molar-refractivity contribution >= 4 is 15.9 Å². The van der Waals surface area contributed by atoms with Crippen molar-refractivity contribution in [1.29, 1.82) is 5.26 Å². The standard InChI is InChI=1S/C13H15BrN2O2/c14-10-2-1-9(7-15)13(17)11(10)12(16)8-3-5-18-6-4-8/h1-2,8,12,17H,3-6,16H2/t12-/m1/s1. The van der Waals surface area contributed by atoms with Crippen LogP contribution < -0.4 is 5.73 Å². The monoisotopic (exact) mass is 310 g/mol. The van der Waals surface area contributed by atoms with Gasteiger partial charge in [-0.1, -0.05) is 15.9 Å². The second-order valence-corrected chi connectivity index (χ2v) is 5.30. The Morgan fingerprint density at radius 3 is 2.72 bits per heavy atom. The van der Waals surface area contributed by atoms with Crippen LogP contribution in [0.5, 0.6) is 5.75 Å². The van der Waals surface area contributed by atoms with Gasteiger partial charge in [-0.3, -0.25) is 0 Å². The molecule has 1 aromatic rings. The topological polar surface area (TPSA) is 79.3 Å². The van der Waals surface area contributed by atoms with Crippen molar-refractivity contribution in [2.75, 3.05) is 13.2 Å². The molecule has 1 aliphatic heterocycles. The van der Waals surface area contributed by atoms with Crippen molar-refractivity contribution in [3.8, 4) is 11.8 Å². The van der Waals surface area contributed by atoms with Crippen molar-refractivity contribution in [3.63, 3.8) is 0 Å². The van der Waals surface area contributed by atoms with E-state index in [-0.39, 0.29) is 23.3 Å². The largest absolute Gasteiger partial charge is 0.506 e. The van der Waals surface area contributed by atoms with Crippen LogP contribution in [-0.4, -0.2) is 18.3 Å². The molecule has 0 radical (unpaired) electrons. The summed E-state index contributed by atoms with van der Waals surface area (Å²) >= 11 is 3.40. The third-order valence-corrected chi connectivity index (χ3v) is 4.08. The Labute approximate surface area is 114 Å². The number of hydrogen-bond donors (Lipinski definition) is 2. The summed E-state index contributed by atoms with van der Waals surface area (Å²) in [6.07, 6.45) is 1.76. The molecule has 1 saturated heterocycles. The smallest absolute Gasteiger partial charge is 0.139 e. The molecule has 0 aromatic heterocycles.